The predicted molar refractivity (Wildman–Crippen MR) is 205 cm³/mol. The molecule has 0 amide bonds. The lowest BCUT2D eigenvalue weighted by molar-refractivity contribution is 0.988. The quantitative estimate of drug-likeness (QED) is 0.133. The van der Waals surface area contributed by atoms with E-state index in [1.807, 2.05) is 54.7 Å². The van der Waals surface area contributed by atoms with E-state index in [4.69, 9.17) is 20.7 Å². The fraction of sp³-hybridized carbons (Fsp3) is 0.167. The van der Waals surface area contributed by atoms with Crippen molar-refractivity contribution in [1.29, 1.82) is 0 Å². The molecule has 0 atom stereocenters. The molecule has 0 fully saturated rings. The smallest absolute Gasteiger partial charge is 0.117 e. The highest BCUT2D eigenvalue weighted by Crippen LogP contribution is 2.35. The van der Waals surface area contributed by atoms with Crippen LogP contribution in [0.2, 0.25) is 0 Å². The summed E-state index contributed by atoms with van der Waals surface area (Å²) in [5, 5.41) is 0. The van der Waals surface area contributed by atoms with Crippen LogP contribution < -0.4 is 5.73 Å². The van der Waals surface area contributed by atoms with Crippen LogP contribution in [0.25, 0.3) is 33.6 Å². The van der Waals surface area contributed by atoms with Crippen LogP contribution in [0.15, 0.2) is 137 Å². The highest BCUT2D eigenvalue weighted by molar-refractivity contribution is 6.16. The molecule has 0 unspecified atom stereocenters. The molecule has 0 saturated carbocycles. The van der Waals surface area contributed by atoms with Gasteiger partial charge in [0.25, 0.3) is 0 Å². The lowest BCUT2D eigenvalue weighted by Gasteiger charge is -2.17. The van der Waals surface area contributed by atoms with Gasteiger partial charge in [-0.05, 0) is 109 Å². The zero-order valence-electron chi connectivity index (χ0n) is 27.7. The summed E-state index contributed by atoms with van der Waals surface area (Å²) in [6, 6.07) is 24.3. The molecule has 5 aromatic rings. The van der Waals surface area contributed by atoms with E-state index in [9.17, 15) is 0 Å². The van der Waals surface area contributed by atoms with E-state index in [-0.39, 0.29) is 0 Å². The molecule has 8 nitrogen and oxygen atoms in total. The average molecular weight is 653 g/mol. The fourth-order valence-electron chi connectivity index (χ4n) is 6.50. The van der Waals surface area contributed by atoms with Gasteiger partial charge < -0.3 is 5.73 Å². The van der Waals surface area contributed by atoms with Crippen LogP contribution in [-0.2, 0) is 0 Å². The Hall–Kier alpha value is -6.15. The molecule has 8 heteroatoms. The third-order valence-electron chi connectivity index (χ3n) is 9.13. The van der Waals surface area contributed by atoms with Gasteiger partial charge >= 0.3 is 0 Å². The Morgan fingerprint density at radius 3 is 2.24 bits per heavy atom. The van der Waals surface area contributed by atoms with Crippen molar-refractivity contribution in [2.45, 2.75) is 38.5 Å². The molecular formula is C42H36N8. The molecule has 0 radical (unpaired) electrons. The number of hydrogen-bond donors (Lipinski definition) is 1. The van der Waals surface area contributed by atoms with Crippen LogP contribution in [0.4, 0.5) is 11.4 Å². The number of nitrogens with two attached hydrogens (primary N) is 1. The first-order valence-electron chi connectivity index (χ1n) is 17.1. The molecule has 2 N–H and O–H groups in total. The summed E-state index contributed by atoms with van der Waals surface area (Å²) in [6.07, 6.45) is 21.3. The van der Waals surface area contributed by atoms with Crippen molar-refractivity contribution in [1.82, 2.24) is 19.9 Å². The van der Waals surface area contributed by atoms with Gasteiger partial charge in [-0.2, -0.15) is 0 Å². The molecule has 0 spiro atoms. The molecular weight excluding hydrogens is 617 g/mol. The minimum Gasteiger partial charge on any atom is -0.397 e. The SMILES string of the molecule is Nc1cc(C2=CC=C(c3ccc4nc(C5=NC=CCC5)c(-c5ccccn5)nc4c3)CC2)ccc1N=C(CC1=NCCC=C1)c1ccccn1. The Morgan fingerprint density at radius 2 is 1.54 bits per heavy atom. The molecule has 5 heterocycles. The van der Waals surface area contributed by atoms with E-state index in [0.717, 1.165) is 106 Å². The van der Waals surface area contributed by atoms with Crippen molar-refractivity contribution in [2.75, 3.05) is 12.3 Å². The number of dihydropyridines is 1. The molecule has 244 valence electrons. The number of nitrogens with zero attached hydrogens (tertiary/aromatic N) is 7. The highest BCUT2D eigenvalue weighted by Gasteiger charge is 2.19. The Bertz CT molecular complexity index is 2290. The lowest BCUT2D eigenvalue weighted by Crippen LogP contribution is -2.11. The predicted octanol–water partition coefficient (Wildman–Crippen LogP) is 8.94. The van der Waals surface area contributed by atoms with Gasteiger partial charge in [0.2, 0.25) is 0 Å². The summed E-state index contributed by atoms with van der Waals surface area (Å²) in [4.78, 5) is 33.7. The topological polar surface area (TPSA) is 115 Å². The van der Waals surface area contributed by atoms with Gasteiger partial charge in [0.1, 0.15) is 11.4 Å². The molecule has 0 saturated heterocycles. The number of aliphatic imine (C=N–C) groups is 3. The average Bonchev–Trinajstić information content (AvgIpc) is 3.19. The minimum absolute atomic E-state index is 0.603. The van der Waals surface area contributed by atoms with Crippen molar-refractivity contribution in [3.63, 3.8) is 0 Å². The number of anilines is 1. The van der Waals surface area contributed by atoms with Crippen LogP contribution in [0.1, 0.15) is 61.0 Å². The first-order valence-corrected chi connectivity index (χ1v) is 17.1. The Balaban J connectivity index is 1.07. The van der Waals surface area contributed by atoms with Crippen LogP contribution in [0.5, 0.6) is 0 Å². The zero-order chi connectivity index (χ0) is 33.7. The Kier molecular flexibility index (Phi) is 8.81. The summed E-state index contributed by atoms with van der Waals surface area (Å²) in [5.74, 6) is 0. The van der Waals surface area contributed by atoms with E-state index in [2.05, 4.69) is 74.6 Å². The summed E-state index contributed by atoms with van der Waals surface area (Å²) >= 11 is 0. The van der Waals surface area contributed by atoms with Gasteiger partial charge in [-0.3, -0.25) is 20.0 Å². The minimum atomic E-state index is 0.603. The molecule has 2 aromatic carbocycles. The van der Waals surface area contributed by atoms with Crippen molar-refractivity contribution in [3.05, 3.63) is 144 Å². The van der Waals surface area contributed by atoms with E-state index in [1.54, 1.807) is 12.4 Å². The first-order chi connectivity index (χ1) is 24.7. The largest absolute Gasteiger partial charge is 0.397 e. The second kappa shape index (κ2) is 14.1. The number of rotatable bonds is 8. The van der Waals surface area contributed by atoms with Crippen LogP contribution >= 0.6 is 0 Å². The Morgan fingerprint density at radius 1 is 0.740 bits per heavy atom. The second-order valence-electron chi connectivity index (χ2n) is 12.5. The molecule has 2 aliphatic heterocycles. The third-order valence-corrected chi connectivity index (χ3v) is 9.13. The fourth-order valence-corrected chi connectivity index (χ4v) is 6.50. The molecule has 3 aromatic heterocycles. The van der Waals surface area contributed by atoms with Crippen LogP contribution in [-0.4, -0.2) is 43.6 Å². The Labute approximate surface area is 291 Å². The number of hydrogen-bond acceptors (Lipinski definition) is 8. The summed E-state index contributed by atoms with van der Waals surface area (Å²) in [6.45, 7) is 0.806. The number of allylic oxidation sites excluding steroid dienone is 6. The third kappa shape index (κ3) is 6.73. The number of aromatic nitrogens is 4. The molecule has 50 heavy (non-hydrogen) atoms. The highest BCUT2D eigenvalue weighted by atomic mass is 14.9. The van der Waals surface area contributed by atoms with Crippen molar-refractivity contribution < 1.29 is 0 Å². The number of benzene rings is 2. The summed E-state index contributed by atoms with van der Waals surface area (Å²) in [5.41, 5.74) is 20.4. The van der Waals surface area contributed by atoms with Crippen molar-refractivity contribution in [2.24, 2.45) is 15.0 Å². The normalized spacial score (nSPS) is 16.1. The summed E-state index contributed by atoms with van der Waals surface area (Å²) in [7, 11) is 0. The van der Waals surface area contributed by atoms with E-state index in [0.29, 0.717) is 12.1 Å². The lowest BCUT2D eigenvalue weighted by atomic mass is 9.89. The monoisotopic (exact) mass is 652 g/mol. The first kappa shape index (κ1) is 31.1. The standard InChI is InChI=1S/C42H36N8/c43-33-25-30(17-19-34(33)48-40(35-10-2-6-22-45-35)27-32-9-1-5-21-44-32)28-13-15-29(16-14-28)31-18-20-36-39(26-31)50-42(38-12-4-8-24-47-38)41(49-36)37-11-3-7-23-46-37/h1-2,4,6-10,12-13,15,17-20,22-26H,3,5,11,14,16,21,27,43H2. The maximum absolute atomic E-state index is 6.63. The van der Waals surface area contributed by atoms with E-state index < -0.39 is 0 Å². The molecule has 0 bridgehead atoms. The van der Waals surface area contributed by atoms with Crippen LogP contribution in [0.3, 0.4) is 0 Å². The maximum atomic E-state index is 6.63. The number of nitrogen functional groups attached to an aromatic ring is 1. The zero-order valence-corrected chi connectivity index (χ0v) is 27.7. The van der Waals surface area contributed by atoms with E-state index in [1.165, 1.54) is 11.1 Å². The van der Waals surface area contributed by atoms with Gasteiger partial charge in [-0.25, -0.2) is 15.0 Å². The number of fused-ring (bicyclic) bond motifs is 1. The van der Waals surface area contributed by atoms with Gasteiger partial charge in [-0.15, -0.1) is 0 Å². The molecule has 3 aliphatic rings. The molecule has 8 rings (SSSR count). The maximum Gasteiger partial charge on any atom is 0.117 e. The van der Waals surface area contributed by atoms with Crippen molar-refractivity contribution in [3.8, 4) is 11.4 Å². The summed E-state index contributed by atoms with van der Waals surface area (Å²) < 4.78 is 0. The molecule has 1 aliphatic carbocycles. The second-order valence-corrected chi connectivity index (χ2v) is 12.5. The number of pyridine rings is 2. The van der Waals surface area contributed by atoms with Gasteiger partial charge in [0.15, 0.2) is 0 Å². The van der Waals surface area contributed by atoms with Gasteiger partial charge in [-0.1, -0.05) is 48.6 Å². The van der Waals surface area contributed by atoms with Gasteiger partial charge in [0, 0.05) is 37.3 Å². The van der Waals surface area contributed by atoms with Crippen molar-refractivity contribution >= 4 is 50.7 Å². The van der Waals surface area contributed by atoms with E-state index >= 15 is 0 Å². The van der Waals surface area contributed by atoms with Gasteiger partial charge in [0.05, 0.1) is 45.2 Å². The van der Waals surface area contributed by atoms with Crippen LogP contribution in [0, 0.1) is 0 Å².